The molecule has 1 aliphatic rings. The molecule has 116 valence electrons. The molecule has 0 aromatic heterocycles. The Morgan fingerprint density at radius 2 is 2.00 bits per heavy atom. The van der Waals surface area contributed by atoms with Crippen LogP contribution in [0.1, 0.15) is 25.3 Å². The van der Waals surface area contributed by atoms with Crippen molar-refractivity contribution in [3.63, 3.8) is 0 Å². The van der Waals surface area contributed by atoms with Crippen molar-refractivity contribution in [1.29, 1.82) is 0 Å². The van der Waals surface area contributed by atoms with Crippen molar-refractivity contribution >= 4 is 17.9 Å². The lowest BCUT2D eigenvalue weighted by atomic mass is 10.0. The lowest BCUT2D eigenvalue weighted by Gasteiger charge is -2.31. The Hall–Kier alpha value is -1.20. The number of amides is 1. The van der Waals surface area contributed by atoms with E-state index < -0.39 is 0 Å². The molecule has 0 radical (unpaired) electrons. The van der Waals surface area contributed by atoms with Crippen LogP contribution in [0.3, 0.4) is 0 Å². The second-order valence-corrected chi connectivity index (χ2v) is 6.07. The summed E-state index contributed by atoms with van der Waals surface area (Å²) in [5.41, 5.74) is 1.31. The zero-order valence-electron chi connectivity index (χ0n) is 12.8. The average Bonchev–Trinajstić information content (AvgIpc) is 2.54. The van der Waals surface area contributed by atoms with Gasteiger partial charge in [0.2, 0.25) is 0 Å². The van der Waals surface area contributed by atoms with Gasteiger partial charge in [-0.05, 0) is 43.7 Å². The van der Waals surface area contributed by atoms with Gasteiger partial charge >= 0.3 is 6.09 Å². The molecule has 1 heterocycles. The number of nitrogens with one attached hydrogen (secondary N) is 1. The molecule has 1 saturated heterocycles. The maximum Gasteiger partial charge on any atom is 0.409 e. The molecule has 1 aromatic rings. The summed E-state index contributed by atoms with van der Waals surface area (Å²) in [5, 5.41) is 3.58. The van der Waals surface area contributed by atoms with E-state index in [0.717, 1.165) is 32.5 Å². The van der Waals surface area contributed by atoms with Gasteiger partial charge in [0.15, 0.2) is 0 Å². The van der Waals surface area contributed by atoms with Gasteiger partial charge in [0, 0.05) is 30.6 Å². The van der Waals surface area contributed by atoms with Crippen LogP contribution >= 0.6 is 11.8 Å². The molecular weight excluding hydrogens is 284 g/mol. The number of piperidine rings is 1. The molecule has 1 N–H and O–H groups in total. The molecule has 2 rings (SSSR count). The largest absolute Gasteiger partial charge is 0.450 e. The molecule has 1 fully saturated rings. The molecule has 0 spiro atoms. The first-order chi connectivity index (χ1) is 10.2. The van der Waals surface area contributed by atoms with Gasteiger partial charge in [-0.15, -0.1) is 11.8 Å². The molecule has 0 saturated carbocycles. The summed E-state index contributed by atoms with van der Waals surface area (Å²) < 4.78 is 5.03. The number of carbonyl (C=O) groups excluding carboxylic acids is 1. The summed E-state index contributed by atoms with van der Waals surface area (Å²) in [6.07, 6.45) is 3.89. The van der Waals surface area contributed by atoms with Crippen molar-refractivity contribution in [2.45, 2.75) is 37.2 Å². The molecular formula is C16H24N2O2S. The van der Waals surface area contributed by atoms with Crippen molar-refractivity contribution in [2.24, 2.45) is 0 Å². The molecule has 1 aromatic carbocycles. The Bertz CT molecular complexity index is 442. The van der Waals surface area contributed by atoms with Gasteiger partial charge in [-0.25, -0.2) is 4.79 Å². The van der Waals surface area contributed by atoms with Crippen LogP contribution in [0.15, 0.2) is 29.2 Å². The van der Waals surface area contributed by atoms with Crippen LogP contribution in [0.4, 0.5) is 4.79 Å². The van der Waals surface area contributed by atoms with E-state index in [0.29, 0.717) is 12.6 Å². The normalized spacial score (nSPS) is 16.0. The fourth-order valence-corrected chi connectivity index (χ4v) is 2.89. The van der Waals surface area contributed by atoms with Gasteiger partial charge < -0.3 is 15.0 Å². The summed E-state index contributed by atoms with van der Waals surface area (Å²) in [6, 6.07) is 9.14. The van der Waals surface area contributed by atoms with Crippen LogP contribution < -0.4 is 5.32 Å². The predicted molar refractivity (Wildman–Crippen MR) is 86.7 cm³/mol. The number of rotatable bonds is 5. The fourth-order valence-electron chi connectivity index (χ4n) is 2.49. The SMILES string of the molecule is CCOC(=O)N1CCC(NCc2ccc(SC)cc2)CC1. The van der Waals surface area contributed by atoms with Crippen LogP contribution in [0.25, 0.3) is 0 Å². The molecule has 0 atom stereocenters. The molecule has 21 heavy (non-hydrogen) atoms. The Labute approximate surface area is 131 Å². The lowest BCUT2D eigenvalue weighted by molar-refractivity contribution is 0.0950. The molecule has 0 unspecified atom stereocenters. The van der Waals surface area contributed by atoms with Crippen LogP contribution in [-0.4, -0.2) is 43.0 Å². The molecule has 0 bridgehead atoms. The second-order valence-electron chi connectivity index (χ2n) is 5.19. The molecule has 5 heteroatoms. The van der Waals surface area contributed by atoms with Crippen molar-refractivity contribution in [2.75, 3.05) is 26.0 Å². The number of ether oxygens (including phenoxy) is 1. The highest BCUT2D eigenvalue weighted by atomic mass is 32.2. The summed E-state index contributed by atoms with van der Waals surface area (Å²) in [7, 11) is 0. The van der Waals surface area contributed by atoms with Crippen LogP contribution in [-0.2, 0) is 11.3 Å². The van der Waals surface area contributed by atoms with E-state index in [9.17, 15) is 4.79 Å². The average molecular weight is 308 g/mol. The summed E-state index contributed by atoms with van der Waals surface area (Å²) in [5.74, 6) is 0. The third kappa shape index (κ3) is 4.93. The smallest absolute Gasteiger partial charge is 0.409 e. The number of likely N-dealkylation sites (tertiary alicyclic amines) is 1. The monoisotopic (exact) mass is 308 g/mol. The first-order valence-corrected chi connectivity index (χ1v) is 8.73. The highest BCUT2D eigenvalue weighted by Gasteiger charge is 2.22. The van der Waals surface area contributed by atoms with E-state index in [1.807, 2.05) is 6.92 Å². The minimum absolute atomic E-state index is 0.177. The van der Waals surface area contributed by atoms with E-state index in [4.69, 9.17) is 4.74 Å². The Morgan fingerprint density at radius 3 is 2.57 bits per heavy atom. The van der Waals surface area contributed by atoms with Gasteiger partial charge in [-0.1, -0.05) is 12.1 Å². The van der Waals surface area contributed by atoms with E-state index in [2.05, 4.69) is 35.8 Å². The zero-order chi connectivity index (χ0) is 15.1. The third-order valence-corrected chi connectivity index (χ3v) is 4.52. The second kappa shape index (κ2) is 8.29. The number of thioether (sulfide) groups is 1. The van der Waals surface area contributed by atoms with Crippen molar-refractivity contribution < 1.29 is 9.53 Å². The van der Waals surface area contributed by atoms with Crippen LogP contribution in [0.5, 0.6) is 0 Å². The number of nitrogens with zero attached hydrogens (tertiary/aromatic N) is 1. The minimum atomic E-state index is -0.177. The Kier molecular flexibility index (Phi) is 6.39. The van der Waals surface area contributed by atoms with Gasteiger partial charge in [0.1, 0.15) is 0 Å². The molecule has 1 aliphatic heterocycles. The first-order valence-electron chi connectivity index (χ1n) is 7.51. The number of benzene rings is 1. The van der Waals surface area contributed by atoms with Crippen molar-refractivity contribution in [1.82, 2.24) is 10.2 Å². The predicted octanol–water partition coefficient (Wildman–Crippen LogP) is 3.12. The Balaban J connectivity index is 1.72. The number of carbonyl (C=O) groups is 1. The van der Waals surface area contributed by atoms with Gasteiger partial charge in [-0.3, -0.25) is 0 Å². The standard InChI is InChI=1S/C16H24N2O2S/c1-3-20-16(19)18-10-8-14(9-11-18)17-12-13-4-6-15(21-2)7-5-13/h4-7,14,17H,3,8-12H2,1-2H3. The fraction of sp³-hybridized carbons (Fsp3) is 0.562. The summed E-state index contributed by atoms with van der Waals surface area (Å²) in [6.45, 7) is 4.74. The third-order valence-electron chi connectivity index (χ3n) is 3.77. The van der Waals surface area contributed by atoms with Crippen molar-refractivity contribution in [3.8, 4) is 0 Å². The van der Waals surface area contributed by atoms with Gasteiger partial charge in [0.25, 0.3) is 0 Å². The first kappa shape index (κ1) is 16.2. The maximum absolute atomic E-state index is 11.6. The maximum atomic E-state index is 11.6. The van der Waals surface area contributed by atoms with Crippen LogP contribution in [0, 0.1) is 0 Å². The molecule has 0 aliphatic carbocycles. The van der Waals surface area contributed by atoms with Crippen LogP contribution in [0.2, 0.25) is 0 Å². The zero-order valence-corrected chi connectivity index (χ0v) is 13.6. The highest BCUT2D eigenvalue weighted by molar-refractivity contribution is 7.98. The van der Waals surface area contributed by atoms with Gasteiger partial charge in [-0.2, -0.15) is 0 Å². The highest BCUT2D eigenvalue weighted by Crippen LogP contribution is 2.16. The van der Waals surface area contributed by atoms with E-state index in [1.165, 1.54) is 10.5 Å². The molecule has 4 nitrogen and oxygen atoms in total. The summed E-state index contributed by atoms with van der Waals surface area (Å²) >= 11 is 1.76. The topological polar surface area (TPSA) is 41.6 Å². The van der Waals surface area contributed by atoms with E-state index in [-0.39, 0.29) is 6.09 Å². The number of hydrogen-bond acceptors (Lipinski definition) is 4. The van der Waals surface area contributed by atoms with Gasteiger partial charge in [0.05, 0.1) is 6.61 Å². The number of hydrogen-bond donors (Lipinski definition) is 1. The van der Waals surface area contributed by atoms with E-state index in [1.54, 1.807) is 16.7 Å². The van der Waals surface area contributed by atoms with E-state index >= 15 is 0 Å². The Morgan fingerprint density at radius 1 is 1.33 bits per heavy atom. The minimum Gasteiger partial charge on any atom is -0.450 e. The summed E-state index contributed by atoms with van der Waals surface area (Å²) in [4.78, 5) is 14.7. The van der Waals surface area contributed by atoms with Crippen molar-refractivity contribution in [3.05, 3.63) is 29.8 Å². The molecule has 1 amide bonds. The lowest BCUT2D eigenvalue weighted by Crippen LogP contribution is -2.44. The quantitative estimate of drug-likeness (QED) is 0.849.